The third kappa shape index (κ3) is 2.71. The van der Waals surface area contributed by atoms with Crippen LogP contribution in [-0.4, -0.2) is 16.9 Å². The van der Waals surface area contributed by atoms with Gasteiger partial charge in [0.25, 0.3) is 0 Å². The van der Waals surface area contributed by atoms with E-state index in [0.717, 1.165) is 29.2 Å². The molecule has 1 aromatic carbocycles. The molecule has 19 heavy (non-hydrogen) atoms. The van der Waals surface area contributed by atoms with Crippen molar-refractivity contribution in [1.29, 1.82) is 0 Å². The van der Waals surface area contributed by atoms with Crippen LogP contribution in [0, 0.1) is 0 Å². The molecule has 0 saturated heterocycles. The van der Waals surface area contributed by atoms with E-state index in [-0.39, 0.29) is 0 Å². The molecule has 0 atom stereocenters. The third-order valence-electron chi connectivity index (χ3n) is 3.07. The van der Waals surface area contributed by atoms with Crippen LogP contribution in [0.25, 0.3) is 0 Å². The van der Waals surface area contributed by atoms with Gasteiger partial charge < -0.3 is 15.8 Å². The molecule has 0 aliphatic heterocycles. The topological polar surface area (TPSA) is 65.1 Å². The first-order valence-electron chi connectivity index (χ1n) is 6.32. The first kappa shape index (κ1) is 13.4. The van der Waals surface area contributed by atoms with Crippen molar-refractivity contribution in [2.24, 2.45) is 7.05 Å². The number of anilines is 3. The van der Waals surface area contributed by atoms with Crippen LogP contribution in [0.5, 0.6) is 0 Å². The van der Waals surface area contributed by atoms with Crippen molar-refractivity contribution in [3.8, 4) is 0 Å². The quantitative estimate of drug-likeness (QED) is 0.866. The Labute approximate surface area is 113 Å². The lowest BCUT2D eigenvalue weighted by Gasteiger charge is -2.12. The summed E-state index contributed by atoms with van der Waals surface area (Å²) in [5.41, 5.74) is 9.80. The predicted molar refractivity (Wildman–Crippen MR) is 77.4 cm³/mol. The molecule has 0 radical (unpaired) electrons. The van der Waals surface area contributed by atoms with E-state index in [1.807, 2.05) is 38.2 Å². The number of nitrogens with one attached hydrogen (secondary N) is 1. The van der Waals surface area contributed by atoms with E-state index in [9.17, 15) is 0 Å². The molecule has 0 aliphatic carbocycles. The largest absolute Gasteiger partial charge is 0.394 e. The highest BCUT2D eigenvalue weighted by Crippen LogP contribution is 2.28. The van der Waals surface area contributed by atoms with Gasteiger partial charge in [-0.05, 0) is 12.5 Å². The van der Waals surface area contributed by atoms with Crippen LogP contribution in [0.4, 0.5) is 17.2 Å². The summed E-state index contributed by atoms with van der Waals surface area (Å²) in [6, 6.07) is 8.00. The van der Waals surface area contributed by atoms with Gasteiger partial charge in [-0.3, -0.25) is 4.68 Å². The molecule has 102 valence electrons. The van der Waals surface area contributed by atoms with Gasteiger partial charge in [0.15, 0.2) is 5.82 Å². The minimum absolute atomic E-state index is 0.557. The van der Waals surface area contributed by atoms with Crippen molar-refractivity contribution < 1.29 is 4.74 Å². The fraction of sp³-hybridized carbons (Fsp3) is 0.357. The smallest absolute Gasteiger partial charge is 0.152 e. The summed E-state index contributed by atoms with van der Waals surface area (Å²) in [6.07, 6.45) is 0.821. The summed E-state index contributed by atoms with van der Waals surface area (Å²) in [4.78, 5) is 0. The van der Waals surface area contributed by atoms with Gasteiger partial charge in [0.05, 0.1) is 18.0 Å². The molecule has 3 N–H and O–H groups in total. The second-order valence-corrected chi connectivity index (χ2v) is 4.40. The number of nitrogens with zero attached hydrogens (tertiary/aromatic N) is 2. The van der Waals surface area contributed by atoms with Crippen molar-refractivity contribution in [3.63, 3.8) is 0 Å². The van der Waals surface area contributed by atoms with Crippen LogP contribution >= 0.6 is 0 Å². The SMILES string of the molecule is CCc1nn(C)c(Nc2ccccc2COC)c1N. The predicted octanol–water partition coefficient (Wildman–Crippen LogP) is 2.45. The Morgan fingerprint density at radius 3 is 2.74 bits per heavy atom. The maximum Gasteiger partial charge on any atom is 0.152 e. The van der Waals surface area contributed by atoms with Crippen LogP contribution in [0.1, 0.15) is 18.2 Å². The zero-order valence-electron chi connectivity index (χ0n) is 11.6. The van der Waals surface area contributed by atoms with Crippen LogP contribution in [0.3, 0.4) is 0 Å². The normalized spacial score (nSPS) is 10.7. The number of nitrogens with two attached hydrogens (primary N) is 1. The van der Waals surface area contributed by atoms with Crippen LogP contribution in [0.15, 0.2) is 24.3 Å². The van der Waals surface area contributed by atoms with E-state index < -0.39 is 0 Å². The highest BCUT2D eigenvalue weighted by molar-refractivity contribution is 5.72. The van der Waals surface area contributed by atoms with E-state index in [1.165, 1.54) is 0 Å². The second kappa shape index (κ2) is 5.75. The van der Waals surface area contributed by atoms with Crippen molar-refractivity contribution in [1.82, 2.24) is 9.78 Å². The van der Waals surface area contributed by atoms with Gasteiger partial charge in [0, 0.05) is 25.4 Å². The highest BCUT2D eigenvalue weighted by atomic mass is 16.5. The first-order valence-corrected chi connectivity index (χ1v) is 6.32. The minimum atomic E-state index is 0.557. The number of aryl methyl sites for hydroxylation is 2. The van der Waals surface area contributed by atoms with Gasteiger partial charge in [0.2, 0.25) is 0 Å². The molecular weight excluding hydrogens is 240 g/mol. The lowest BCUT2D eigenvalue weighted by atomic mass is 10.2. The van der Waals surface area contributed by atoms with E-state index in [4.69, 9.17) is 10.5 Å². The highest BCUT2D eigenvalue weighted by Gasteiger charge is 2.13. The monoisotopic (exact) mass is 260 g/mol. The summed E-state index contributed by atoms with van der Waals surface area (Å²) in [5.74, 6) is 0.820. The zero-order valence-corrected chi connectivity index (χ0v) is 11.6. The molecular formula is C14H20N4O. The zero-order chi connectivity index (χ0) is 13.8. The van der Waals surface area contributed by atoms with Crippen molar-refractivity contribution in [2.75, 3.05) is 18.2 Å². The van der Waals surface area contributed by atoms with Crippen molar-refractivity contribution in [3.05, 3.63) is 35.5 Å². The van der Waals surface area contributed by atoms with E-state index >= 15 is 0 Å². The van der Waals surface area contributed by atoms with E-state index in [0.29, 0.717) is 12.3 Å². The molecule has 0 amide bonds. The van der Waals surface area contributed by atoms with Crippen LogP contribution < -0.4 is 11.1 Å². The van der Waals surface area contributed by atoms with Gasteiger partial charge in [0.1, 0.15) is 0 Å². The Bertz CT molecular complexity index is 563. The van der Waals surface area contributed by atoms with Gasteiger partial charge in [-0.25, -0.2) is 0 Å². The number of hydrogen-bond acceptors (Lipinski definition) is 4. The summed E-state index contributed by atoms with van der Waals surface area (Å²) < 4.78 is 6.97. The maximum atomic E-state index is 6.11. The van der Waals surface area contributed by atoms with Crippen LogP contribution in [0.2, 0.25) is 0 Å². The number of ether oxygens (including phenoxy) is 1. The average Bonchev–Trinajstić information content (AvgIpc) is 2.68. The molecule has 2 aromatic rings. The van der Waals surface area contributed by atoms with Gasteiger partial charge in [-0.15, -0.1) is 0 Å². The standard InChI is InChI=1S/C14H20N4O/c1-4-11-13(15)14(18(2)17-11)16-12-8-6-5-7-10(12)9-19-3/h5-8,16H,4,9,15H2,1-3H3. The number of benzene rings is 1. The fourth-order valence-corrected chi connectivity index (χ4v) is 2.06. The molecule has 0 saturated carbocycles. The molecule has 0 spiro atoms. The van der Waals surface area contributed by atoms with E-state index in [1.54, 1.807) is 11.8 Å². The molecule has 1 heterocycles. The molecule has 0 aliphatic rings. The van der Waals surface area contributed by atoms with Gasteiger partial charge >= 0.3 is 0 Å². The van der Waals surface area contributed by atoms with Crippen molar-refractivity contribution in [2.45, 2.75) is 20.0 Å². The summed E-state index contributed by atoms with van der Waals surface area (Å²) in [6.45, 7) is 2.60. The van der Waals surface area contributed by atoms with E-state index in [2.05, 4.69) is 10.4 Å². The third-order valence-corrected chi connectivity index (χ3v) is 3.07. The summed E-state index contributed by atoms with van der Waals surface area (Å²) >= 11 is 0. The first-order chi connectivity index (χ1) is 9.17. The molecule has 2 rings (SSSR count). The minimum Gasteiger partial charge on any atom is -0.394 e. The Balaban J connectivity index is 2.33. The van der Waals surface area contributed by atoms with Gasteiger partial charge in [-0.2, -0.15) is 5.10 Å². The molecule has 0 bridgehead atoms. The summed E-state index contributed by atoms with van der Waals surface area (Å²) in [5, 5.41) is 7.74. The maximum absolute atomic E-state index is 6.11. The lowest BCUT2D eigenvalue weighted by molar-refractivity contribution is 0.185. The number of nitrogen functional groups attached to an aromatic ring is 1. The number of rotatable bonds is 5. The molecule has 5 nitrogen and oxygen atoms in total. The molecule has 1 aromatic heterocycles. The average molecular weight is 260 g/mol. The molecule has 5 heteroatoms. The number of para-hydroxylation sites is 1. The number of methoxy groups -OCH3 is 1. The van der Waals surface area contributed by atoms with Gasteiger partial charge in [-0.1, -0.05) is 25.1 Å². The second-order valence-electron chi connectivity index (χ2n) is 4.40. The fourth-order valence-electron chi connectivity index (χ4n) is 2.06. The lowest BCUT2D eigenvalue weighted by Crippen LogP contribution is -2.03. The van der Waals surface area contributed by atoms with Crippen LogP contribution in [-0.2, 0) is 24.8 Å². The summed E-state index contributed by atoms with van der Waals surface area (Å²) in [7, 11) is 3.57. The Kier molecular flexibility index (Phi) is 4.06. The Morgan fingerprint density at radius 2 is 2.11 bits per heavy atom. The number of hydrogen-bond donors (Lipinski definition) is 2. The molecule has 0 fully saturated rings. The number of aromatic nitrogens is 2. The van der Waals surface area contributed by atoms with Crippen molar-refractivity contribution >= 4 is 17.2 Å². The molecule has 0 unspecified atom stereocenters. The Morgan fingerprint density at radius 1 is 1.37 bits per heavy atom. The Hall–Kier alpha value is -2.01.